The van der Waals surface area contributed by atoms with Crippen LogP contribution in [0.3, 0.4) is 0 Å². The number of rotatable bonds is 4. The maximum atomic E-state index is 11.9. The molecule has 0 aromatic heterocycles. The van der Waals surface area contributed by atoms with Crippen LogP contribution in [0.5, 0.6) is 0 Å². The summed E-state index contributed by atoms with van der Waals surface area (Å²) in [4.78, 5) is 28.4. The van der Waals surface area contributed by atoms with E-state index in [1.165, 1.54) is 4.90 Å². The zero-order valence-electron chi connectivity index (χ0n) is 10.8. The van der Waals surface area contributed by atoms with E-state index in [0.29, 0.717) is 26.3 Å². The molecule has 0 N–H and O–H groups in total. The van der Waals surface area contributed by atoms with Gasteiger partial charge in [0.05, 0.1) is 26.3 Å². The lowest BCUT2D eigenvalue weighted by Crippen LogP contribution is -2.46. The summed E-state index contributed by atoms with van der Waals surface area (Å²) < 4.78 is 5.18. The molecule has 98 valence electrons. The van der Waals surface area contributed by atoms with Gasteiger partial charge >= 0.3 is 0 Å². The molecule has 1 rings (SSSR count). The molecule has 0 unspecified atom stereocenters. The second-order valence-corrected chi connectivity index (χ2v) is 4.45. The molecular formula is C11H21N3O3. The quantitative estimate of drug-likeness (QED) is 0.627. The maximum absolute atomic E-state index is 11.9. The Hall–Kier alpha value is -1.14. The fourth-order valence-electron chi connectivity index (χ4n) is 1.57. The zero-order chi connectivity index (χ0) is 12.8. The number of amides is 2. The minimum Gasteiger partial charge on any atom is -0.378 e. The summed E-state index contributed by atoms with van der Waals surface area (Å²) in [5.74, 6) is 0.0598. The van der Waals surface area contributed by atoms with Crippen molar-refractivity contribution in [2.75, 3.05) is 60.5 Å². The molecule has 0 saturated carbocycles. The molecule has 0 atom stereocenters. The Balaban J connectivity index is 2.32. The van der Waals surface area contributed by atoms with Crippen LogP contribution in [-0.4, -0.2) is 87.0 Å². The van der Waals surface area contributed by atoms with Gasteiger partial charge in [0.2, 0.25) is 11.8 Å². The molecule has 2 amide bonds. The number of carbonyl (C=O) groups is 2. The minimum atomic E-state index is 0.00211. The highest BCUT2D eigenvalue weighted by atomic mass is 16.5. The molecule has 0 aromatic rings. The first kappa shape index (κ1) is 13.9. The third kappa shape index (κ3) is 4.70. The summed E-state index contributed by atoms with van der Waals surface area (Å²) in [5.41, 5.74) is 0. The van der Waals surface area contributed by atoms with Crippen molar-refractivity contribution in [2.24, 2.45) is 0 Å². The van der Waals surface area contributed by atoms with E-state index < -0.39 is 0 Å². The van der Waals surface area contributed by atoms with Gasteiger partial charge in [-0.1, -0.05) is 0 Å². The van der Waals surface area contributed by atoms with Crippen LogP contribution in [0.25, 0.3) is 0 Å². The predicted octanol–water partition coefficient (Wildman–Crippen LogP) is -1.13. The van der Waals surface area contributed by atoms with Gasteiger partial charge in [0.25, 0.3) is 0 Å². The Kier molecular flexibility index (Phi) is 5.37. The van der Waals surface area contributed by atoms with Crippen molar-refractivity contribution < 1.29 is 14.3 Å². The Labute approximate surface area is 102 Å². The molecule has 1 aliphatic rings. The standard InChI is InChI=1S/C11H21N3O3/c1-12(2)10(15)8-13(3)9-11(16)14-4-6-17-7-5-14/h4-9H2,1-3H3. The first-order valence-electron chi connectivity index (χ1n) is 5.75. The van der Waals surface area contributed by atoms with Crippen LogP contribution >= 0.6 is 0 Å². The molecule has 6 heteroatoms. The SMILES string of the molecule is CN(CC(=O)N(C)C)CC(=O)N1CCOCC1. The lowest BCUT2D eigenvalue weighted by molar-refractivity contribution is -0.137. The summed E-state index contributed by atoms with van der Waals surface area (Å²) >= 11 is 0. The number of carbonyl (C=O) groups excluding carboxylic acids is 2. The zero-order valence-corrected chi connectivity index (χ0v) is 10.8. The summed E-state index contributed by atoms with van der Waals surface area (Å²) in [7, 11) is 5.19. The first-order valence-corrected chi connectivity index (χ1v) is 5.75. The van der Waals surface area contributed by atoms with Crippen LogP contribution < -0.4 is 0 Å². The van der Waals surface area contributed by atoms with Crippen molar-refractivity contribution in [3.8, 4) is 0 Å². The molecule has 6 nitrogen and oxygen atoms in total. The molecule has 1 aliphatic heterocycles. The molecule has 17 heavy (non-hydrogen) atoms. The fourth-order valence-corrected chi connectivity index (χ4v) is 1.57. The van der Waals surface area contributed by atoms with E-state index in [9.17, 15) is 9.59 Å². The summed E-state index contributed by atoms with van der Waals surface area (Å²) in [6.07, 6.45) is 0. The molecule has 0 aliphatic carbocycles. The molecule has 1 fully saturated rings. The molecular weight excluding hydrogens is 222 g/mol. The highest BCUT2D eigenvalue weighted by Crippen LogP contribution is 1.98. The molecule has 1 heterocycles. The van der Waals surface area contributed by atoms with Crippen LogP contribution in [0, 0.1) is 0 Å². The maximum Gasteiger partial charge on any atom is 0.236 e. The molecule has 1 saturated heterocycles. The number of hydrogen-bond donors (Lipinski definition) is 0. The van der Waals surface area contributed by atoms with Gasteiger partial charge in [-0.25, -0.2) is 0 Å². The smallest absolute Gasteiger partial charge is 0.236 e. The van der Waals surface area contributed by atoms with Crippen LogP contribution in [0.4, 0.5) is 0 Å². The van der Waals surface area contributed by atoms with Crippen LogP contribution in [0.15, 0.2) is 0 Å². The number of likely N-dealkylation sites (N-methyl/N-ethyl adjacent to an activating group) is 2. The lowest BCUT2D eigenvalue weighted by Gasteiger charge is -2.28. The Morgan fingerprint density at radius 2 is 1.71 bits per heavy atom. The van der Waals surface area contributed by atoms with E-state index in [0.717, 1.165) is 0 Å². The van der Waals surface area contributed by atoms with Crippen molar-refractivity contribution in [1.82, 2.24) is 14.7 Å². The largest absolute Gasteiger partial charge is 0.378 e. The molecule has 0 aromatic carbocycles. The molecule has 0 bridgehead atoms. The normalized spacial score (nSPS) is 16.1. The summed E-state index contributed by atoms with van der Waals surface area (Å²) in [5, 5.41) is 0. The van der Waals surface area contributed by atoms with Gasteiger partial charge < -0.3 is 14.5 Å². The highest BCUT2D eigenvalue weighted by molar-refractivity contribution is 5.81. The van der Waals surface area contributed by atoms with Crippen LogP contribution in [0.1, 0.15) is 0 Å². The van der Waals surface area contributed by atoms with Crippen molar-refractivity contribution in [3.63, 3.8) is 0 Å². The van der Waals surface area contributed by atoms with Crippen molar-refractivity contribution >= 4 is 11.8 Å². The van der Waals surface area contributed by atoms with E-state index in [4.69, 9.17) is 4.74 Å². The van der Waals surface area contributed by atoms with Crippen LogP contribution in [-0.2, 0) is 14.3 Å². The number of nitrogens with zero attached hydrogens (tertiary/aromatic N) is 3. The second kappa shape index (κ2) is 6.56. The lowest BCUT2D eigenvalue weighted by atomic mass is 10.3. The average Bonchev–Trinajstić information content (AvgIpc) is 2.29. The molecule has 0 spiro atoms. The average molecular weight is 243 g/mol. The number of hydrogen-bond acceptors (Lipinski definition) is 4. The van der Waals surface area contributed by atoms with E-state index in [-0.39, 0.29) is 24.9 Å². The van der Waals surface area contributed by atoms with Gasteiger partial charge in [0.1, 0.15) is 0 Å². The van der Waals surface area contributed by atoms with Crippen molar-refractivity contribution in [3.05, 3.63) is 0 Å². The van der Waals surface area contributed by atoms with Gasteiger partial charge in [-0.15, -0.1) is 0 Å². The fraction of sp³-hybridized carbons (Fsp3) is 0.818. The summed E-state index contributed by atoms with van der Waals surface area (Å²) in [6, 6.07) is 0. The Morgan fingerprint density at radius 1 is 1.12 bits per heavy atom. The van der Waals surface area contributed by atoms with Gasteiger partial charge in [-0.05, 0) is 7.05 Å². The number of ether oxygens (including phenoxy) is 1. The van der Waals surface area contributed by atoms with Gasteiger partial charge in [-0.2, -0.15) is 0 Å². The van der Waals surface area contributed by atoms with E-state index in [2.05, 4.69) is 0 Å². The number of morpholine rings is 1. The van der Waals surface area contributed by atoms with Gasteiger partial charge in [0, 0.05) is 27.2 Å². The molecule has 0 radical (unpaired) electrons. The van der Waals surface area contributed by atoms with E-state index in [1.807, 2.05) is 0 Å². The van der Waals surface area contributed by atoms with Crippen molar-refractivity contribution in [2.45, 2.75) is 0 Å². The van der Waals surface area contributed by atoms with Crippen molar-refractivity contribution in [1.29, 1.82) is 0 Å². The predicted molar refractivity (Wildman–Crippen MR) is 63.6 cm³/mol. The first-order chi connectivity index (χ1) is 8.00. The van der Waals surface area contributed by atoms with E-state index in [1.54, 1.807) is 30.9 Å². The van der Waals surface area contributed by atoms with Gasteiger partial charge in [0.15, 0.2) is 0 Å². The Bertz CT molecular complexity index is 275. The summed E-state index contributed by atoms with van der Waals surface area (Å²) in [6.45, 7) is 3.05. The Morgan fingerprint density at radius 3 is 2.24 bits per heavy atom. The second-order valence-electron chi connectivity index (χ2n) is 4.45. The van der Waals surface area contributed by atoms with Crippen LogP contribution in [0.2, 0.25) is 0 Å². The topological polar surface area (TPSA) is 53.1 Å². The third-order valence-electron chi connectivity index (χ3n) is 2.67. The highest BCUT2D eigenvalue weighted by Gasteiger charge is 2.19. The monoisotopic (exact) mass is 243 g/mol. The minimum absolute atomic E-state index is 0.00211. The van der Waals surface area contributed by atoms with Gasteiger partial charge in [-0.3, -0.25) is 14.5 Å². The third-order valence-corrected chi connectivity index (χ3v) is 2.67. The van der Waals surface area contributed by atoms with E-state index >= 15 is 0 Å².